The molecule has 0 aromatic heterocycles. The standard InChI is InChI=1S/C15H19ClN2O2/c1-9-8-12(9)15(20)17-6-5-14(19)18-13-4-3-11(16)7-10(13)2/h3-4,7,9,12H,5-6,8H2,1-2H3,(H,17,20)(H,18,19). The summed E-state index contributed by atoms with van der Waals surface area (Å²) in [5, 5.41) is 6.26. The summed E-state index contributed by atoms with van der Waals surface area (Å²) in [4.78, 5) is 23.4. The van der Waals surface area contributed by atoms with Crippen molar-refractivity contribution in [1.82, 2.24) is 5.32 Å². The Morgan fingerprint density at radius 1 is 1.40 bits per heavy atom. The van der Waals surface area contributed by atoms with Crippen molar-refractivity contribution >= 4 is 29.1 Å². The summed E-state index contributed by atoms with van der Waals surface area (Å²) in [6.07, 6.45) is 1.23. The van der Waals surface area contributed by atoms with Crippen LogP contribution in [0.15, 0.2) is 18.2 Å². The van der Waals surface area contributed by atoms with Crippen LogP contribution in [0.5, 0.6) is 0 Å². The first-order chi connectivity index (χ1) is 9.47. The molecule has 4 nitrogen and oxygen atoms in total. The first-order valence-corrected chi connectivity index (χ1v) is 7.19. The van der Waals surface area contributed by atoms with E-state index < -0.39 is 0 Å². The summed E-state index contributed by atoms with van der Waals surface area (Å²) >= 11 is 5.86. The Labute approximate surface area is 123 Å². The summed E-state index contributed by atoms with van der Waals surface area (Å²) in [5.74, 6) is 0.588. The van der Waals surface area contributed by atoms with Gasteiger partial charge in [0.15, 0.2) is 0 Å². The van der Waals surface area contributed by atoms with E-state index in [4.69, 9.17) is 11.6 Å². The van der Waals surface area contributed by atoms with Gasteiger partial charge in [-0.1, -0.05) is 18.5 Å². The number of halogens is 1. The molecular weight excluding hydrogens is 276 g/mol. The van der Waals surface area contributed by atoms with Crippen molar-refractivity contribution in [3.05, 3.63) is 28.8 Å². The second-order valence-corrected chi connectivity index (χ2v) is 5.80. The lowest BCUT2D eigenvalue weighted by molar-refractivity contribution is -0.122. The van der Waals surface area contributed by atoms with Gasteiger partial charge in [-0.3, -0.25) is 9.59 Å². The Balaban J connectivity index is 1.73. The van der Waals surface area contributed by atoms with Gasteiger partial charge in [-0.15, -0.1) is 0 Å². The molecule has 108 valence electrons. The van der Waals surface area contributed by atoms with Gasteiger partial charge in [0.05, 0.1) is 0 Å². The Bertz CT molecular complexity index is 531. The highest BCUT2D eigenvalue weighted by atomic mass is 35.5. The largest absolute Gasteiger partial charge is 0.355 e. The minimum Gasteiger partial charge on any atom is -0.355 e. The molecule has 0 saturated heterocycles. The minimum absolute atomic E-state index is 0.0629. The molecule has 1 aromatic carbocycles. The molecule has 2 unspecified atom stereocenters. The number of carbonyl (C=O) groups is 2. The Hall–Kier alpha value is -1.55. The molecule has 1 fully saturated rings. The number of hydrogen-bond donors (Lipinski definition) is 2. The van der Waals surface area contributed by atoms with Crippen molar-refractivity contribution in [3.8, 4) is 0 Å². The number of carbonyl (C=O) groups excluding carboxylic acids is 2. The van der Waals surface area contributed by atoms with Crippen LogP contribution in [0.1, 0.15) is 25.3 Å². The van der Waals surface area contributed by atoms with E-state index in [2.05, 4.69) is 17.6 Å². The molecule has 1 aliphatic carbocycles. The summed E-state index contributed by atoms with van der Waals surface area (Å²) in [6, 6.07) is 5.31. The highest BCUT2D eigenvalue weighted by Gasteiger charge is 2.38. The highest BCUT2D eigenvalue weighted by Crippen LogP contribution is 2.37. The molecule has 2 N–H and O–H groups in total. The fourth-order valence-electron chi connectivity index (χ4n) is 2.10. The normalized spacial score (nSPS) is 20.4. The average molecular weight is 295 g/mol. The van der Waals surface area contributed by atoms with E-state index in [0.717, 1.165) is 17.7 Å². The quantitative estimate of drug-likeness (QED) is 0.877. The van der Waals surface area contributed by atoms with Crippen molar-refractivity contribution in [3.63, 3.8) is 0 Å². The Morgan fingerprint density at radius 2 is 2.10 bits per heavy atom. The molecule has 5 heteroatoms. The molecule has 1 aromatic rings. The van der Waals surface area contributed by atoms with Crippen LogP contribution in [0.2, 0.25) is 5.02 Å². The van der Waals surface area contributed by atoms with Crippen LogP contribution >= 0.6 is 11.6 Å². The smallest absolute Gasteiger partial charge is 0.226 e. The van der Waals surface area contributed by atoms with Gasteiger partial charge >= 0.3 is 0 Å². The molecule has 1 saturated carbocycles. The van der Waals surface area contributed by atoms with Gasteiger partial charge in [-0.2, -0.15) is 0 Å². The zero-order valence-corrected chi connectivity index (χ0v) is 12.5. The second kappa shape index (κ2) is 6.27. The number of rotatable bonds is 5. The predicted molar refractivity (Wildman–Crippen MR) is 79.7 cm³/mol. The fraction of sp³-hybridized carbons (Fsp3) is 0.467. The van der Waals surface area contributed by atoms with Gasteiger partial charge in [-0.05, 0) is 43.0 Å². The fourth-order valence-corrected chi connectivity index (χ4v) is 2.32. The van der Waals surface area contributed by atoms with Crippen molar-refractivity contribution < 1.29 is 9.59 Å². The Kier molecular flexibility index (Phi) is 4.65. The van der Waals surface area contributed by atoms with E-state index >= 15 is 0 Å². The van der Waals surface area contributed by atoms with Crippen LogP contribution in [0, 0.1) is 18.8 Å². The monoisotopic (exact) mass is 294 g/mol. The SMILES string of the molecule is Cc1cc(Cl)ccc1NC(=O)CCNC(=O)C1CC1C. The van der Waals surface area contributed by atoms with Gasteiger partial charge < -0.3 is 10.6 Å². The lowest BCUT2D eigenvalue weighted by atomic mass is 10.2. The van der Waals surface area contributed by atoms with Gasteiger partial charge in [0.25, 0.3) is 0 Å². The molecule has 1 aliphatic rings. The molecule has 0 radical (unpaired) electrons. The van der Waals surface area contributed by atoms with E-state index in [1.54, 1.807) is 18.2 Å². The maximum absolute atomic E-state index is 11.8. The molecule has 2 amide bonds. The van der Waals surface area contributed by atoms with E-state index in [0.29, 0.717) is 17.5 Å². The molecule has 0 aliphatic heterocycles. The average Bonchev–Trinajstić information content (AvgIpc) is 3.10. The van der Waals surface area contributed by atoms with E-state index in [9.17, 15) is 9.59 Å². The van der Waals surface area contributed by atoms with Gasteiger partial charge in [0, 0.05) is 29.6 Å². The van der Waals surface area contributed by atoms with E-state index in [1.165, 1.54) is 0 Å². The van der Waals surface area contributed by atoms with Crippen molar-refractivity contribution in [2.75, 3.05) is 11.9 Å². The first-order valence-electron chi connectivity index (χ1n) is 6.81. The van der Waals surface area contributed by atoms with E-state index in [1.807, 2.05) is 6.92 Å². The van der Waals surface area contributed by atoms with Crippen LogP contribution in [-0.4, -0.2) is 18.4 Å². The van der Waals surface area contributed by atoms with Crippen LogP contribution in [0.3, 0.4) is 0 Å². The van der Waals surface area contributed by atoms with Crippen molar-refractivity contribution in [1.29, 1.82) is 0 Å². The van der Waals surface area contributed by atoms with Crippen LogP contribution < -0.4 is 10.6 Å². The third-order valence-electron chi connectivity index (χ3n) is 3.56. The summed E-state index contributed by atoms with van der Waals surface area (Å²) < 4.78 is 0. The molecule has 20 heavy (non-hydrogen) atoms. The first kappa shape index (κ1) is 14.9. The highest BCUT2D eigenvalue weighted by molar-refractivity contribution is 6.30. The summed E-state index contributed by atoms with van der Waals surface area (Å²) in [6.45, 7) is 4.32. The van der Waals surface area contributed by atoms with E-state index in [-0.39, 0.29) is 24.2 Å². The summed E-state index contributed by atoms with van der Waals surface area (Å²) in [7, 11) is 0. The maximum atomic E-state index is 11.8. The number of amides is 2. The molecule has 2 rings (SSSR count). The van der Waals surface area contributed by atoms with Crippen LogP contribution in [0.4, 0.5) is 5.69 Å². The number of benzene rings is 1. The third-order valence-corrected chi connectivity index (χ3v) is 3.80. The lowest BCUT2D eigenvalue weighted by Gasteiger charge is -2.09. The van der Waals surface area contributed by atoms with Crippen LogP contribution in [0.25, 0.3) is 0 Å². The molecular formula is C15H19ClN2O2. The number of hydrogen-bond acceptors (Lipinski definition) is 2. The predicted octanol–water partition coefficient (Wildman–Crippen LogP) is 2.75. The van der Waals surface area contributed by atoms with Crippen LogP contribution in [-0.2, 0) is 9.59 Å². The second-order valence-electron chi connectivity index (χ2n) is 5.37. The van der Waals surface area contributed by atoms with Gasteiger partial charge in [0.1, 0.15) is 0 Å². The minimum atomic E-state index is -0.112. The van der Waals surface area contributed by atoms with Gasteiger partial charge in [-0.25, -0.2) is 0 Å². The number of nitrogens with one attached hydrogen (secondary N) is 2. The third kappa shape index (κ3) is 3.97. The topological polar surface area (TPSA) is 58.2 Å². The number of aryl methyl sites for hydroxylation is 1. The lowest BCUT2D eigenvalue weighted by Crippen LogP contribution is -2.29. The van der Waals surface area contributed by atoms with Gasteiger partial charge in [0.2, 0.25) is 11.8 Å². The summed E-state index contributed by atoms with van der Waals surface area (Å²) in [5.41, 5.74) is 1.67. The Morgan fingerprint density at radius 3 is 2.70 bits per heavy atom. The number of anilines is 1. The molecule has 0 spiro atoms. The molecule has 0 heterocycles. The molecule has 0 bridgehead atoms. The maximum Gasteiger partial charge on any atom is 0.226 e. The van der Waals surface area contributed by atoms with Crippen molar-refractivity contribution in [2.45, 2.75) is 26.7 Å². The molecule has 2 atom stereocenters. The zero-order chi connectivity index (χ0) is 14.7. The van der Waals surface area contributed by atoms with Crippen molar-refractivity contribution in [2.24, 2.45) is 11.8 Å². The zero-order valence-electron chi connectivity index (χ0n) is 11.7.